The number of hydrogen-bond acceptors (Lipinski definition) is 5. The van der Waals surface area contributed by atoms with Gasteiger partial charge in [-0.15, -0.1) is 5.10 Å². The van der Waals surface area contributed by atoms with Crippen LogP contribution in [0, 0.1) is 6.92 Å². The lowest BCUT2D eigenvalue weighted by atomic mass is 10.3. The van der Waals surface area contributed by atoms with E-state index in [0.717, 1.165) is 17.2 Å². The molecule has 7 heteroatoms. The average molecular weight is 223 g/mol. The number of nitrogens with zero attached hydrogens (tertiary/aromatic N) is 3. The van der Waals surface area contributed by atoms with Crippen molar-refractivity contribution in [2.75, 3.05) is 0 Å². The Kier molecular flexibility index (Phi) is 2.72. The van der Waals surface area contributed by atoms with Crippen LogP contribution in [0.3, 0.4) is 0 Å². The first-order valence-corrected chi connectivity index (χ1v) is 5.09. The van der Waals surface area contributed by atoms with Crippen molar-refractivity contribution in [3.63, 3.8) is 0 Å². The first-order valence-electron chi connectivity index (χ1n) is 4.32. The van der Waals surface area contributed by atoms with Gasteiger partial charge >= 0.3 is 0 Å². The Bertz CT molecular complexity index is 449. The molecule has 0 saturated carbocycles. The van der Waals surface area contributed by atoms with Crippen molar-refractivity contribution < 1.29 is 4.79 Å². The van der Waals surface area contributed by atoms with Gasteiger partial charge in [0.1, 0.15) is 4.88 Å². The summed E-state index contributed by atoms with van der Waals surface area (Å²) in [5, 5.41) is 6.52. The zero-order valence-corrected chi connectivity index (χ0v) is 8.84. The number of aryl methyl sites for hydroxylation is 1. The number of aromatic nitrogens is 4. The van der Waals surface area contributed by atoms with Crippen LogP contribution in [0.2, 0.25) is 0 Å². The van der Waals surface area contributed by atoms with E-state index in [-0.39, 0.29) is 5.91 Å². The van der Waals surface area contributed by atoms with Gasteiger partial charge < -0.3 is 10.3 Å². The molecule has 0 aromatic carbocycles. The highest BCUT2D eigenvalue weighted by atomic mass is 32.1. The van der Waals surface area contributed by atoms with Crippen molar-refractivity contribution in [1.29, 1.82) is 0 Å². The second-order valence-corrected chi connectivity index (χ2v) is 3.70. The third-order valence-corrected chi connectivity index (χ3v) is 2.68. The number of H-pyrrole nitrogens is 1. The van der Waals surface area contributed by atoms with E-state index in [4.69, 9.17) is 0 Å². The Morgan fingerprint density at radius 1 is 1.67 bits per heavy atom. The first kappa shape index (κ1) is 9.78. The summed E-state index contributed by atoms with van der Waals surface area (Å²) in [6.45, 7) is 2.19. The number of amides is 1. The van der Waals surface area contributed by atoms with Gasteiger partial charge in [0, 0.05) is 6.20 Å². The second-order valence-electron chi connectivity index (χ2n) is 2.95. The van der Waals surface area contributed by atoms with E-state index >= 15 is 0 Å². The molecule has 2 rings (SSSR count). The van der Waals surface area contributed by atoms with Gasteiger partial charge in [0.05, 0.1) is 24.3 Å². The third-order valence-electron chi connectivity index (χ3n) is 1.85. The molecule has 0 aliphatic heterocycles. The summed E-state index contributed by atoms with van der Waals surface area (Å²) >= 11 is 1.10. The summed E-state index contributed by atoms with van der Waals surface area (Å²) in [6, 6.07) is 0. The van der Waals surface area contributed by atoms with E-state index < -0.39 is 0 Å². The van der Waals surface area contributed by atoms with Gasteiger partial charge in [-0.1, -0.05) is 4.49 Å². The lowest BCUT2D eigenvalue weighted by Gasteiger charge is -2.00. The van der Waals surface area contributed by atoms with Crippen LogP contribution in [0.25, 0.3) is 0 Å². The number of hydrogen-bond donors (Lipinski definition) is 2. The fourth-order valence-electron chi connectivity index (χ4n) is 1.08. The molecule has 0 radical (unpaired) electrons. The lowest BCUT2D eigenvalue weighted by Crippen LogP contribution is -2.22. The highest BCUT2D eigenvalue weighted by molar-refractivity contribution is 7.07. The third kappa shape index (κ3) is 2.18. The van der Waals surface area contributed by atoms with Gasteiger partial charge in [0.2, 0.25) is 0 Å². The summed E-state index contributed by atoms with van der Waals surface area (Å²) in [5.41, 5.74) is 1.51. The van der Waals surface area contributed by atoms with Gasteiger partial charge in [-0.05, 0) is 18.5 Å². The molecule has 0 saturated heterocycles. The van der Waals surface area contributed by atoms with E-state index in [1.54, 1.807) is 19.4 Å². The Morgan fingerprint density at radius 2 is 2.53 bits per heavy atom. The number of imidazole rings is 1. The normalized spacial score (nSPS) is 10.2. The monoisotopic (exact) mass is 223 g/mol. The maximum atomic E-state index is 11.6. The van der Waals surface area contributed by atoms with Crippen LogP contribution in [-0.2, 0) is 6.54 Å². The molecule has 15 heavy (non-hydrogen) atoms. The van der Waals surface area contributed by atoms with E-state index in [0.29, 0.717) is 17.1 Å². The largest absolute Gasteiger partial charge is 0.347 e. The van der Waals surface area contributed by atoms with E-state index in [9.17, 15) is 4.79 Å². The van der Waals surface area contributed by atoms with Gasteiger partial charge in [-0.2, -0.15) is 0 Å². The zero-order valence-electron chi connectivity index (χ0n) is 8.02. The van der Waals surface area contributed by atoms with Gasteiger partial charge in [-0.3, -0.25) is 4.79 Å². The summed E-state index contributed by atoms with van der Waals surface area (Å²) in [5.74, 6) is -0.155. The van der Waals surface area contributed by atoms with Crippen molar-refractivity contribution in [2.45, 2.75) is 13.5 Å². The number of nitrogens with one attached hydrogen (secondary N) is 2. The van der Waals surface area contributed by atoms with E-state index in [2.05, 4.69) is 24.9 Å². The molecule has 0 atom stereocenters. The molecular formula is C8H9N5OS. The molecule has 2 N–H and O–H groups in total. The number of carbonyl (C=O) groups is 1. The molecule has 2 aromatic rings. The van der Waals surface area contributed by atoms with E-state index in [1.807, 2.05) is 0 Å². The summed E-state index contributed by atoms with van der Waals surface area (Å²) in [6.07, 6.45) is 3.24. The molecule has 0 fully saturated rings. The molecule has 0 bridgehead atoms. The zero-order chi connectivity index (χ0) is 10.7. The average Bonchev–Trinajstić information content (AvgIpc) is 2.84. The summed E-state index contributed by atoms with van der Waals surface area (Å²) in [7, 11) is 0. The van der Waals surface area contributed by atoms with Gasteiger partial charge in [0.25, 0.3) is 5.91 Å². The minimum Gasteiger partial charge on any atom is -0.347 e. The highest BCUT2D eigenvalue weighted by Crippen LogP contribution is 2.08. The predicted octanol–water partition coefficient (Wildman–Crippen LogP) is 0.500. The minimum absolute atomic E-state index is 0.155. The molecular weight excluding hydrogens is 214 g/mol. The molecule has 6 nitrogen and oxygen atoms in total. The lowest BCUT2D eigenvalue weighted by molar-refractivity contribution is 0.0953. The molecule has 2 heterocycles. The Balaban J connectivity index is 1.96. The van der Waals surface area contributed by atoms with Crippen molar-refractivity contribution in [3.05, 3.63) is 28.8 Å². The van der Waals surface area contributed by atoms with Crippen LogP contribution in [0.1, 0.15) is 21.1 Å². The molecule has 0 unspecified atom stereocenters. The maximum absolute atomic E-state index is 11.6. The summed E-state index contributed by atoms with van der Waals surface area (Å²) in [4.78, 5) is 18.9. The maximum Gasteiger partial charge on any atom is 0.265 e. The smallest absolute Gasteiger partial charge is 0.265 e. The van der Waals surface area contributed by atoms with Crippen molar-refractivity contribution in [3.8, 4) is 0 Å². The molecule has 1 amide bonds. The van der Waals surface area contributed by atoms with Gasteiger partial charge in [-0.25, -0.2) is 4.98 Å². The van der Waals surface area contributed by atoms with Crippen LogP contribution < -0.4 is 5.32 Å². The molecule has 0 aliphatic carbocycles. The fourth-order valence-corrected chi connectivity index (χ4v) is 1.65. The van der Waals surface area contributed by atoms with Gasteiger partial charge in [0.15, 0.2) is 0 Å². The Hall–Kier alpha value is -1.76. The van der Waals surface area contributed by atoms with E-state index in [1.165, 1.54) is 0 Å². The Labute approximate surface area is 89.9 Å². The minimum atomic E-state index is -0.155. The molecule has 2 aromatic heterocycles. The van der Waals surface area contributed by atoms with Crippen LogP contribution in [-0.4, -0.2) is 25.5 Å². The van der Waals surface area contributed by atoms with Crippen LogP contribution in [0.15, 0.2) is 12.5 Å². The second kappa shape index (κ2) is 4.18. The fraction of sp³-hybridized carbons (Fsp3) is 0.250. The summed E-state index contributed by atoms with van der Waals surface area (Å²) < 4.78 is 3.70. The first-order chi connectivity index (χ1) is 7.27. The SMILES string of the molecule is Cc1nnsc1C(=O)NCc1cnc[nH]1. The number of aromatic amines is 1. The van der Waals surface area contributed by atoms with Crippen LogP contribution in [0.4, 0.5) is 0 Å². The number of carbonyl (C=O) groups excluding carboxylic acids is 1. The quantitative estimate of drug-likeness (QED) is 0.793. The van der Waals surface area contributed by atoms with Crippen molar-refractivity contribution >= 4 is 17.4 Å². The molecule has 78 valence electrons. The van der Waals surface area contributed by atoms with Crippen LogP contribution >= 0.6 is 11.5 Å². The van der Waals surface area contributed by atoms with Crippen LogP contribution in [0.5, 0.6) is 0 Å². The molecule has 0 aliphatic rings. The highest BCUT2D eigenvalue weighted by Gasteiger charge is 2.12. The molecule has 0 spiro atoms. The standard InChI is InChI=1S/C8H9N5OS/c1-5-7(15-13-12-5)8(14)10-3-6-2-9-4-11-6/h2,4H,3H2,1H3,(H,9,11)(H,10,14). The topological polar surface area (TPSA) is 83.6 Å². The number of rotatable bonds is 3. The van der Waals surface area contributed by atoms with Crippen molar-refractivity contribution in [2.24, 2.45) is 0 Å². The Morgan fingerprint density at radius 3 is 3.13 bits per heavy atom. The predicted molar refractivity (Wildman–Crippen MR) is 54.4 cm³/mol. The van der Waals surface area contributed by atoms with Crippen molar-refractivity contribution in [1.82, 2.24) is 24.9 Å².